The quantitative estimate of drug-likeness (QED) is 0.788. The number of nitrogens with one attached hydrogen (secondary N) is 1. The van der Waals surface area contributed by atoms with Crippen molar-refractivity contribution >= 4 is 0 Å². The Morgan fingerprint density at radius 2 is 2.22 bits per heavy atom. The molecule has 18 heavy (non-hydrogen) atoms. The summed E-state index contributed by atoms with van der Waals surface area (Å²) in [5.41, 5.74) is 0.498. The van der Waals surface area contributed by atoms with E-state index in [1.54, 1.807) is 0 Å². The van der Waals surface area contributed by atoms with Gasteiger partial charge in [-0.15, -0.1) is 0 Å². The molecule has 0 spiro atoms. The molecular formula is C14H21NO3. The highest BCUT2D eigenvalue weighted by Crippen LogP contribution is 2.22. The van der Waals surface area contributed by atoms with Gasteiger partial charge < -0.3 is 19.9 Å². The standard InChI is InChI=1S/C14H21NO3/c1-15-14(10-16,12-5-3-2-4-6-12)11-18-13-7-8-17-9-13/h2-6,13,15-16H,7-11H2,1H3. The minimum atomic E-state index is -0.538. The zero-order valence-electron chi connectivity index (χ0n) is 10.8. The Morgan fingerprint density at radius 3 is 2.78 bits per heavy atom. The molecule has 1 aromatic carbocycles. The molecule has 1 aliphatic heterocycles. The number of benzene rings is 1. The van der Waals surface area contributed by atoms with Crippen LogP contribution in [0.4, 0.5) is 0 Å². The van der Waals surface area contributed by atoms with Crippen molar-refractivity contribution in [3.05, 3.63) is 35.9 Å². The second-order valence-corrected chi connectivity index (χ2v) is 4.65. The third-order valence-corrected chi connectivity index (χ3v) is 3.53. The summed E-state index contributed by atoms with van der Waals surface area (Å²) in [6, 6.07) is 9.90. The molecular weight excluding hydrogens is 230 g/mol. The normalized spacial score (nSPS) is 22.9. The van der Waals surface area contributed by atoms with Gasteiger partial charge in [0.05, 0.1) is 31.5 Å². The summed E-state index contributed by atoms with van der Waals surface area (Å²) in [5, 5.41) is 12.9. The summed E-state index contributed by atoms with van der Waals surface area (Å²) in [6.07, 6.45) is 1.08. The van der Waals surface area contributed by atoms with Crippen LogP contribution in [-0.4, -0.2) is 44.7 Å². The third-order valence-electron chi connectivity index (χ3n) is 3.53. The molecule has 1 saturated heterocycles. The second-order valence-electron chi connectivity index (χ2n) is 4.65. The molecule has 0 aliphatic carbocycles. The monoisotopic (exact) mass is 251 g/mol. The number of rotatable bonds is 6. The van der Waals surface area contributed by atoms with Crippen LogP contribution >= 0.6 is 0 Å². The first kappa shape index (κ1) is 13.5. The van der Waals surface area contributed by atoms with Gasteiger partial charge in [-0.25, -0.2) is 0 Å². The zero-order chi connectivity index (χ0) is 12.8. The van der Waals surface area contributed by atoms with Gasteiger partial charge in [-0.3, -0.25) is 0 Å². The van der Waals surface area contributed by atoms with E-state index in [9.17, 15) is 5.11 Å². The fraction of sp³-hybridized carbons (Fsp3) is 0.571. The Kier molecular flexibility index (Phi) is 4.72. The van der Waals surface area contributed by atoms with E-state index in [0.29, 0.717) is 13.2 Å². The largest absolute Gasteiger partial charge is 0.394 e. The molecule has 1 aliphatic rings. The van der Waals surface area contributed by atoms with Crippen LogP contribution in [-0.2, 0) is 15.0 Å². The topological polar surface area (TPSA) is 50.7 Å². The summed E-state index contributed by atoms with van der Waals surface area (Å²) in [7, 11) is 1.84. The number of hydrogen-bond acceptors (Lipinski definition) is 4. The summed E-state index contributed by atoms with van der Waals surface area (Å²) in [4.78, 5) is 0. The second kappa shape index (κ2) is 6.29. The number of aliphatic hydroxyl groups is 1. The van der Waals surface area contributed by atoms with Crippen molar-refractivity contribution in [3.8, 4) is 0 Å². The molecule has 2 unspecified atom stereocenters. The van der Waals surface area contributed by atoms with Crippen molar-refractivity contribution in [2.45, 2.75) is 18.1 Å². The first-order chi connectivity index (χ1) is 8.80. The van der Waals surface area contributed by atoms with Gasteiger partial charge in [0.25, 0.3) is 0 Å². The Labute approximate surface area is 108 Å². The molecule has 100 valence electrons. The molecule has 4 heteroatoms. The van der Waals surface area contributed by atoms with Gasteiger partial charge in [-0.05, 0) is 19.0 Å². The molecule has 2 N–H and O–H groups in total. The Hall–Kier alpha value is -0.940. The molecule has 1 aromatic rings. The molecule has 1 heterocycles. The fourth-order valence-corrected chi connectivity index (χ4v) is 2.18. The average molecular weight is 251 g/mol. The third kappa shape index (κ3) is 2.90. The maximum Gasteiger partial charge on any atom is 0.0903 e. The zero-order valence-corrected chi connectivity index (χ0v) is 10.8. The van der Waals surface area contributed by atoms with Crippen molar-refractivity contribution in [2.24, 2.45) is 0 Å². The van der Waals surface area contributed by atoms with Crippen molar-refractivity contribution in [3.63, 3.8) is 0 Å². The summed E-state index contributed by atoms with van der Waals surface area (Å²) < 4.78 is 11.1. The van der Waals surface area contributed by atoms with Crippen LogP contribution in [0.25, 0.3) is 0 Å². The van der Waals surface area contributed by atoms with Gasteiger partial charge in [-0.2, -0.15) is 0 Å². The highest BCUT2D eigenvalue weighted by Gasteiger charge is 2.31. The van der Waals surface area contributed by atoms with Crippen LogP contribution in [0.2, 0.25) is 0 Å². The lowest BCUT2D eigenvalue weighted by atomic mass is 9.91. The van der Waals surface area contributed by atoms with Crippen LogP contribution in [0, 0.1) is 0 Å². The van der Waals surface area contributed by atoms with E-state index in [-0.39, 0.29) is 12.7 Å². The Bertz CT molecular complexity index is 345. The van der Waals surface area contributed by atoms with Gasteiger partial charge in [0.15, 0.2) is 0 Å². The highest BCUT2D eigenvalue weighted by molar-refractivity contribution is 5.24. The molecule has 2 atom stereocenters. The summed E-state index contributed by atoms with van der Waals surface area (Å²) >= 11 is 0. The first-order valence-corrected chi connectivity index (χ1v) is 6.35. The van der Waals surface area contributed by atoms with Crippen LogP contribution in [0.5, 0.6) is 0 Å². The smallest absolute Gasteiger partial charge is 0.0903 e. The van der Waals surface area contributed by atoms with Crippen molar-refractivity contribution < 1.29 is 14.6 Å². The maximum absolute atomic E-state index is 9.73. The predicted molar refractivity (Wildman–Crippen MR) is 69.4 cm³/mol. The molecule has 0 radical (unpaired) electrons. The van der Waals surface area contributed by atoms with Gasteiger partial charge in [0, 0.05) is 6.61 Å². The van der Waals surface area contributed by atoms with Crippen molar-refractivity contribution in [1.82, 2.24) is 5.32 Å². The van der Waals surface area contributed by atoms with E-state index >= 15 is 0 Å². The van der Waals surface area contributed by atoms with Crippen LogP contribution < -0.4 is 5.32 Å². The van der Waals surface area contributed by atoms with E-state index in [4.69, 9.17) is 9.47 Å². The fourth-order valence-electron chi connectivity index (χ4n) is 2.18. The molecule has 2 rings (SSSR count). The molecule has 1 fully saturated rings. The lowest BCUT2D eigenvalue weighted by Crippen LogP contribution is -2.48. The number of aliphatic hydroxyl groups excluding tert-OH is 1. The highest BCUT2D eigenvalue weighted by atomic mass is 16.5. The molecule has 0 aromatic heterocycles. The van der Waals surface area contributed by atoms with E-state index < -0.39 is 5.54 Å². The number of hydrogen-bond donors (Lipinski definition) is 2. The van der Waals surface area contributed by atoms with Crippen molar-refractivity contribution in [2.75, 3.05) is 33.5 Å². The van der Waals surface area contributed by atoms with Gasteiger partial charge >= 0.3 is 0 Å². The number of likely N-dealkylation sites (N-methyl/N-ethyl adjacent to an activating group) is 1. The van der Waals surface area contributed by atoms with Gasteiger partial charge in [0.1, 0.15) is 0 Å². The molecule has 0 amide bonds. The Morgan fingerprint density at radius 1 is 1.44 bits per heavy atom. The molecule has 4 nitrogen and oxygen atoms in total. The van der Waals surface area contributed by atoms with Crippen LogP contribution in [0.1, 0.15) is 12.0 Å². The van der Waals surface area contributed by atoms with E-state index in [0.717, 1.165) is 18.6 Å². The van der Waals surface area contributed by atoms with Gasteiger partial charge in [0.2, 0.25) is 0 Å². The minimum absolute atomic E-state index is 0.00108. The van der Waals surface area contributed by atoms with Gasteiger partial charge in [-0.1, -0.05) is 30.3 Å². The number of ether oxygens (including phenoxy) is 2. The lowest BCUT2D eigenvalue weighted by Gasteiger charge is -2.32. The maximum atomic E-state index is 9.73. The minimum Gasteiger partial charge on any atom is -0.394 e. The van der Waals surface area contributed by atoms with Crippen LogP contribution in [0.3, 0.4) is 0 Å². The van der Waals surface area contributed by atoms with Crippen molar-refractivity contribution in [1.29, 1.82) is 0 Å². The van der Waals surface area contributed by atoms with Crippen LogP contribution in [0.15, 0.2) is 30.3 Å². The summed E-state index contributed by atoms with van der Waals surface area (Å²) in [6.45, 7) is 1.86. The molecule has 0 bridgehead atoms. The predicted octanol–water partition coefficient (Wildman–Crippen LogP) is 0.899. The van der Waals surface area contributed by atoms with E-state index in [2.05, 4.69) is 5.32 Å². The lowest BCUT2D eigenvalue weighted by molar-refractivity contribution is -0.0125. The Balaban J connectivity index is 2.06. The SMILES string of the molecule is CNC(CO)(COC1CCOC1)c1ccccc1. The molecule has 0 saturated carbocycles. The first-order valence-electron chi connectivity index (χ1n) is 6.35. The van der Waals surface area contributed by atoms with E-state index in [1.165, 1.54) is 0 Å². The average Bonchev–Trinajstić information content (AvgIpc) is 2.95. The summed E-state index contributed by atoms with van der Waals surface area (Å²) in [5.74, 6) is 0. The van der Waals surface area contributed by atoms with E-state index in [1.807, 2.05) is 37.4 Å².